The van der Waals surface area contributed by atoms with Gasteiger partial charge in [0.25, 0.3) is 0 Å². The second-order valence-electron chi connectivity index (χ2n) is 7.67. The Morgan fingerprint density at radius 3 is 2.46 bits per heavy atom. The molecule has 0 unspecified atom stereocenters. The summed E-state index contributed by atoms with van der Waals surface area (Å²) in [7, 11) is 0. The van der Waals surface area contributed by atoms with E-state index >= 15 is 0 Å². The fourth-order valence-corrected chi connectivity index (χ4v) is 3.60. The lowest BCUT2D eigenvalue weighted by atomic mass is 9.82. The first kappa shape index (κ1) is 18.4. The van der Waals surface area contributed by atoms with Crippen molar-refractivity contribution in [2.75, 3.05) is 5.75 Å². The number of benzene rings is 1. The Morgan fingerprint density at radius 1 is 1.17 bits per heavy atom. The maximum absolute atomic E-state index is 12.3. The van der Waals surface area contributed by atoms with Gasteiger partial charge in [0, 0.05) is 5.54 Å². The molecule has 2 aromatic rings. The van der Waals surface area contributed by atoms with Crippen molar-refractivity contribution in [2.45, 2.75) is 51.7 Å². The Morgan fingerprint density at radius 2 is 1.83 bits per heavy atom. The van der Waals surface area contributed by atoms with Crippen molar-refractivity contribution in [1.29, 1.82) is 0 Å². The summed E-state index contributed by atoms with van der Waals surface area (Å²) in [6, 6.07) is 9.63. The standard InChI is InChI=1S/C17H25N5OS/c1-16(2,3)12-17(4,5)18-14(23)11-24-15-19-20-21-22(15)13-9-7-6-8-10-13/h6-10H,11-12H2,1-5H3,(H,18,23). The average molecular weight is 347 g/mol. The van der Waals surface area contributed by atoms with Crippen LogP contribution in [0.5, 0.6) is 0 Å². The Balaban J connectivity index is 1.95. The average Bonchev–Trinajstić information content (AvgIpc) is 2.91. The predicted molar refractivity (Wildman–Crippen MR) is 96.2 cm³/mol. The lowest BCUT2D eigenvalue weighted by molar-refractivity contribution is -0.120. The van der Waals surface area contributed by atoms with Crippen molar-refractivity contribution in [1.82, 2.24) is 25.5 Å². The molecule has 0 radical (unpaired) electrons. The molecule has 2 rings (SSSR count). The van der Waals surface area contributed by atoms with Crippen LogP contribution in [0.1, 0.15) is 41.0 Å². The van der Waals surface area contributed by atoms with Gasteiger partial charge in [0.1, 0.15) is 0 Å². The van der Waals surface area contributed by atoms with Crippen LogP contribution in [0.3, 0.4) is 0 Å². The van der Waals surface area contributed by atoms with Crippen molar-refractivity contribution >= 4 is 17.7 Å². The van der Waals surface area contributed by atoms with Gasteiger partial charge in [0.15, 0.2) is 0 Å². The molecule has 1 aromatic carbocycles. The van der Waals surface area contributed by atoms with Crippen LogP contribution in [0.25, 0.3) is 5.69 Å². The van der Waals surface area contributed by atoms with Crippen LogP contribution in [0.2, 0.25) is 0 Å². The molecule has 1 heterocycles. The van der Waals surface area contributed by atoms with Gasteiger partial charge in [-0.3, -0.25) is 4.79 Å². The number of amides is 1. The van der Waals surface area contributed by atoms with Crippen LogP contribution >= 0.6 is 11.8 Å². The normalized spacial score (nSPS) is 12.2. The number of carbonyl (C=O) groups excluding carboxylic acids is 1. The van der Waals surface area contributed by atoms with Crippen molar-refractivity contribution in [2.24, 2.45) is 5.41 Å². The summed E-state index contributed by atoms with van der Waals surface area (Å²) in [4.78, 5) is 12.3. The van der Waals surface area contributed by atoms with Crippen LogP contribution in [0, 0.1) is 5.41 Å². The molecular weight excluding hydrogens is 322 g/mol. The summed E-state index contributed by atoms with van der Waals surface area (Å²) in [5.41, 5.74) is 0.779. The minimum Gasteiger partial charge on any atom is -0.350 e. The topological polar surface area (TPSA) is 72.7 Å². The van der Waals surface area contributed by atoms with Crippen molar-refractivity contribution in [3.63, 3.8) is 0 Å². The predicted octanol–water partition coefficient (Wildman–Crippen LogP) is 3.09. The lowest BCUT2D eigenvalue weighted by Crippen LogP contribution is -2.46. The summed E-state index contributed by atoms with van der Waals surface area (Å²) in [6.45, 7) is 10.6. The maximum Gasteiger partial charge on any atom is 0.230 e. The molecule has 1 amide bonds. The molecule has 1 N–H and O–H groups in total. The second-order valence-corrected chi connectivity index (χ2v) is 8.61. The highest BCUT2D eigenvalue weighted by molar-refractivity contribution is 7.99. The molecule has 0 aliphatic carbocycles. The Kier molecular flexibility index (Phi) is 5.64. The Labute approximate surface area is 147 Å². The van der Waals surface area contributed by atoms with E-state index < -0.39 is 0 Å². The second kappa shape index (κ2) is 7.34. The molecule has 0 atom stereocenters. The van der Waals surface area contributed by atoms with Gasteiger partial charge in [0.2, 0.25) is 11.1 Å². The van der Waals surface area contributed by atoms with Gasteiger partial charge in [-0.1, -0.05) is 50.7 Å². The third-order valence-corrected chi connectivity index (χ3v) is 4.14. The summed E-state index contributed by atoms with van der Waals surface area (Å²) in [6.07, 6.45) is 0.901. The molecule has 0 aliphatic heterocycles. The summed E-state index contributed by atoms with van der Waals surface area (Å²) in [5, 5.41) is 15.4. The third kappa shape index (κ3) is 5.63. The first-order chi connectivity index (χ1) is 11.2. The fraction of sp³-hybridized carbons (Fsp3) is 0.529. The van der Waals surface area contributed by atoms with Gasteiger partial charge in [-0.25, -0.2) is 0 Å². The van der Waals surface area contributed by atoms with E-state index in [-0.39, 0.29) is 22.6 Å². The van der Waals surface area contributed by atoms with E-state index in [0.29, 0.717) is 5.16 Å². The number of hydrogen-bond donors (Lipinski definition) is 1. The molecule has 0 fully saturated rings. The molecule has 0 aliphatic rings. The molecular formula is C17H25N5OS. The van der Waals surface area contributed by atoms with Gasteiger partial charge >= 0.3 is 0 Å². The van der Waals surface area contributed by atoms with E-state index in [9.17, 15) is 4.79 Å². The lowest BCUT2D eigenvalue weighted by Gasteiger charge is -2.33. The van der Waals surface area contributed by atoms with Crippen LogP contribution in [0.15, 0.2) is 35.5 Å². The quantitative estimate of drug-likeness (QED) is 0.813. The van der Waals surface area contributed by atoms with Gasteiger partial charge in [0.05, 0.1) is 11.4 Å². The van der Waals surface area contributed by atoms with Gasteiger partial charge in [-0.2, -0.15) is 4.68 Å². The number of nitrogens with one attached hydrogen (secondary N) is 1. The first-order valence-corrected chi connectivity index (χ1v) is 8.92. The molecule has 0 saturated heterocycles. The minimum atomic E-state index is -0.249. The third-order valence-electron chi connectivity index (χ3n) is 3.22. The molecule has 0 spiro atoms. The maximum atomic E-state index is 12.3. The highest BCUT2D eigenvalue weighted by atomic mass is 32.2. The van der Waals surface area contributed by atoms with E-state index in [1.807, 2.05) is 30.3 Å². The van der Waals surface area contributed by atoms with Gasteiger partial charge in [-0.05, 0) is 48.2 Å². The number of hydrogen-bond acceptors (Lipinski definition) is 5. The van der Waals surface area contributed by atoms with Crippen LogP contribution in [-0.2, 0) is 4.79 Å². The van der Waals surface area contributed by atoms with E-state index in [1.165, 1.54) is 11.8 Å². The van der Waals surface area contributed by atoms with E-state index in [1.54, 1.807) is 4.68 Å². The van der Waals surface area contributed by atoms with Gasteiger partial charge in [-0.15, -0.1) is 5.10 Å². The van der Waals surface area contributed by atoms with E-state index in [2.05, 4.69) is 55.5 Å². The largest absolute Gasteiger partial charge is 0.350 e. The van der Waals surface area contributed by atoms with Crippen molar-refractivity contribution < 1.29 is 4.79 Å². The highest BCUT2D eigenvalue weighted by Gasteiger charge is 2.27. The van der Waals surface area contributed by atoms with Crippen LogP contribution in [0.4, 0.5) is 0 Å². The number of carbonyl (C=O) groups is 1. The smallest absolute Gasteiger partial charge is 0.230 e. The van der Waals surface area contributed by atoms with Crippen molar-refractivity contribution in [3.8, 4) is 5.69 Å². The Bertz CT molecular complexity index is 676. The molecule has 1 aromatic heterocycles. The number of tetrazole rings is 1. The van der Waals surface area contributed by atoms with E-state index in [4.69, 9.17) is 0 Å². The molecule has 6 nitrogen and oxygen atoms in total. The van der Waals surface area contributed by atoms with E-state index in [0.717, 1.165) is 12.1 Å². The number of thioether (sulfide) groups is 1. The molecule has 24 heavy (non-hydrogen) atoms. The molecule has 0 bridgehead atoms. The monoisotopic (exact) mass is 347 g/mol. The van der Waals surface area contributed by atoms with Gasteiger partial charge < -0.3 is 5.32 Å². The summed E-state index contributed by atoms with van der Waals surface area (Å²) < 4.78 is 1.64. The number of aromatic nitrogens is 4. The molecule has 0 saturated carbocycles. The zero-order valence-corrected chi connectivity index (χ0v) is 15.7. The summed E-state index contributed by atoms with van der Waals surface area (Å²) in [5.74, 6) is 0.262. The Hall–Kier alpha value is -1.89. The first-order valence-electron chi connectivity index (χ1n) is 7.94. The SMILES string of the molecule is CC(C)(C)CC(C)(C)NC(=O)CSc1nnnn1-c1ccccc1. The zero-order valence-electron chi connectivity index (χ0n) is 14.9. The van der Waals surface area contributed by atoms with Crippen molar-refractivity contribution in [3.05, 3.63) is 30.3 Å². The summed E-state index contributed by atoms with van der Waals surface area (Å²) >= 11 is 1.33. The van der Waals surface area contributed by atoms with Crippen LogP contribution in [-0.4, -0.2) is 37.4 Å². The number of para-hydroxylation sites is 1. The molecule has 7 heteroatoms. The van der Waals surface area contributed by atoms with Crippen LogP contribution < -0.4 is 5.32 Å². The zero-order chi connectivity index (χ0) is 17.8. The minimum absolute atomic E-state index is 0.0168. The molecule has 130 valence electrons. The number of rotatable bonds is 6. The fourth-order valence-electron chi connectivity index (χ4n) is 2.91. The number of nitrogens with zero attached hydrogens (tertiary/aromatic N) is 4. The highest BCUT2D eigenvalue weighted by Crippen LogP contribution is 2.27.